The van der Waals surface area contributed by atoms with Gasteiger partial charge in [0.05, 0.1) is 7.11 Å². The van der Waals surface area contributed by atoms with Crippen molar-refractivity contribution < 1.29 is 4.74 Å². The van der Waals surface area contributed by atoms with E-state index in [9.17, 15) is 0 Å². The Hall–Kier alpha value is -3.08. The largest absolute Gasteiger partial charge is 0.496 e. The van der Waals surface area contributed by atoms with E-state index in [2.05, 4.69) is 65.6 Å². The fraction of sp³-hybridized carbons (Fsp3) is 0.333. The topological polar surface area (TPSA) is 59.1 Å². The summed E-state index contributed by atoms with van der Waals surface area (Å²) < 4.78 is 5.42. The second-order valence-electron chi connectivity index (χ2n) is 8.13. The zero-order chi connectivity index (χ0) is 20.9. The molecule has 5 heteroatoms. The number of ether oxygens (including phenoxy) is 1. The Kier molecular flexibility index (Phi) is 6.37. The summed E-state index contributed by atoms with van der Waals surface area (Å²) in [5, 5.41) is 6.81. The molecular formula is C24H30N4O. The maximum absolute atomic E-state index is 5.42. The Balaban J connectivity index is 1.72. The molecule has 0 aliphatic heterocycles. The average Bonchev–Trinajstić information content (AvgIpc) is 2.67. The van der Waals surface area contributed by atoms with Crippen LogP contribution in [-0.4, -0.2) is 23.6 Å². The van der Waals surface area contributed by atoms with Gasteiger partial charge in [0.25, 0.3) is 0 Å². The molecule has 0 bridgehead atoms. The van der Waals surface area contributed by atoms with Crippen LogP contribution in [0.4, 0.5) is 17.5 Å². The molecule has 0 aliphatic carbocycles. The van der Waals surface area contributed by atoms with Gasteiger partial charge in [-0.3, -0.25) is 0 Å². The Morgan fingerprint density at radius 2 is 1.69 bits per heavy atom. The van der Waals surface area contributed by atoms with Gasteiger partial charge in [-0.25, -0.2) is 4.98 Å². The van der Waals surface area contributed by atoms with Crippen LogP contribution in [0.5, 0.6) is 5.75 Å². The van der Waals surface area contributed by atoms with Gasteiger partial charge in [-0.1, -0.05) is 57.2 Å². The minimum atomic E-state index is 0.0431. The molecule has 0 fully saturated rings. The van der Waals surface area contributed by atoms with Gasteiger partial charge in [0.2, 0.25) is 5.95 Å². The molecule has 0 radical (unpaired) electrons. The smallest absolute Gasteiger partial charge is 0.224 e. The SMILES string of the molecule is COc1ccccc1CCNc1nc(C)cc(Nc2ccccc2C(C)(C)C)n1. The van der Waals surface area contributed by atoms with Gasteiger partial charge in [0, 0.05) is 24.0 Å². The normalized spacial score (nSPS) is 11.2. The van der Waals surface area contributed by atoms with E-state index in [1.54, 1.807) is 7.11 Å². The number of aromatic nitrogens is 2. The summed E-state index contributed by atoms with van der Waals surface area (Å²) in [5.41, 5.74) is 4.43. The first-order valence-electron chi connectivity index (χ1n) is 9.95. The van der Waals surface area contributed by atoms with Crippen molar-refractivity contribution in [3.05, 3.63) is 71.4 Å². The molecule has 5 nitrogen and oxygen atoms in total. The highest BCUT2D eigenvalue weighted by atomic mass is 16.5. The minimum Gasteiger partial charge on any atom is -0.496 e. The molecule has 0 atom stereocenters. The number of rotatable bonds is 7. The fourth-order valence-corrected chi connectivity index (χ4v) is 3.31. The molecule has 29 heavy (non-hydrogen) atoms. The molecule has 3 rings (SSSR count). The molecule has 0 saturated carbocycles. The van der Waals surface area contributed by atoms with Crippen molar-refractivity contribution in [2.24, 2.45) is 0 Å². The number of para-hydroxylation sites is 2. The first kappa shape index (κ1) is 20.6. The Morgan fingerprint density at radius 3 is 2.45 bits per heavy atom. The molecule has 1 aromatic heterocycles. The number of anilines is 3. The second kappa shape index (κ2) is 8.95. The van der Waals surface area contributed by atoms with Crippen molar-refractivity contribution in [3.8, 4) is 5.75 Å². The van der Waals surface area contributed by atoms with Crippen LogP contribution >= 0.6 is 0 Å². The summed E-state index contributed by atoms with van der Waals surface area (Å²) in [5.74, 6) is 2.31. The molecule has 152 valence electrons. The zero-order valence-electron chi connectivity index (χ0n) is 17.9. The van der Waals surface area contributed by atoms with E-state index in [1.165, 1.54) is 5.56 Å². The van der Waals surface area contributed by atoms with Crippen molar-refractivity contribution in [2.75, 3.05) is 24.3 Å². The third kappa shape index (κ3) is 5.47. The highest BCUT2D eigenvalue weighted by Gasteiger charge is 2.17. The molecule has 1 heterocycles. The first-order valence-corrected chi connectivity index (χ1v) is 9.95. The van der Waals surface area contributed by atoms with E-state index >= 15 is 0 Å². The molecule has 0 saturated heterocycles. The lowest BCUT2D eigenvalue weighted by Gasteiger charge is -2.23. The summed E-state index contributed by atoms with van der Waals surface area (Å²) >= 11 is 0. The van der Waals surface area contributed by atoms with Gasteiger partial charge in [0.1, 0.15) is 11.6 Å². The van der Waals surface area contributed by atoms with Crippen molar-refractivity contribution in [1.29, 1.82) is 0 Å². The molecule has 0 aliphatic rings. The van der Waals surface area contributed by atoms with E-state index in [4.69, 9.17) is 4.74 Å². The van der Waals surface area contributed by atoms with E-state index in [-0.39, 0.29) is 5.41 Å². The summed E-state index contributed by atoms with van der Waals surface area (Å²) in [6.45, 7) is 9.34. The molecule has 2 N–H and O–H groups in total. The van der Waals surface area contributed by atoms with Gasteiger partial charge in [0.15, 0.2) is 0 Å². The monoisotopic (exact) mass is 390 g/mol. The van der Waals surface area contributed by atoms with Crippen LogP contribution in [0, 0.1) is 6.92 Å². The lowest BCUT2D eigenvalue weighted by Crippen LogP contribution is -2.14. The van der Waals surface area contributed by atoms with Crippen LogP contribution in [0.2, 0.25) is 0 Å². The Bertz CT molecular complexity index is 963. The molecule has 0 amide bonds. The molecule has 3 aromatic rings. The number of benzene rings is 2. The third-order valence-corrected chi connectivity index (χ3v) is 4.72. The number of methoxy groups -OCH3 is 1. The minimum absolute atomic E-state index is 0.0431. The predicted octanol–water partition coefficient (Wildman–Crippen LogP) is 5.49. The first-order chi connectivity index (χ1) is 13.9. The summed E-state index contributed by atoms with van der Waals surface area (Å²) in [6.07, 6.45) is 0.830. The lowest BCUT2D eigenvalue weighted by molar-refractivity contribution is 0.410. The van der Waals surface area contributed by atoms with E-state index in [0.29, 0.717) is 5.95 Å². The summed E-state index contributed by atoms with van der Waals surface area (Å²) in [6, 6.07) is 18.4. The fourth-order valence-electron chi connectivity index (χ4n) is 3.31. The van der Waals surface area contributed by atoms with E-state index < -0.39 is 0 Å². The second-order valence-corrected chi connectivity index (χ2v) is 8.13. The highest BCUT2D eigenvalue weighted by molar-refractivity contribution is 5.63. The number of aryl methyl sites for hydroxylation is 1. The van der Waals surface area contributed by atoms with Crippen molar-refractivity contribution in [2.45, 2.75) is 39.5 Å². The Morgan fingerprint density at radius 1 is 0.966 bits per heavy atom. The van der Waals surface area contributed by atoms with Crippen molar-refractivity contribution in [3.63, 3.8) is 0 Å². The predicted molar refractivity (Wildman–Crippen MR) is 120 cm³/mol. The Labute approximate surface area is 173 Å². The van der Waals surface area contributed by atoms with Crippen LogP contribution in [0.15, 0.2) is 54.6 Å². The molecule has 0 unspecified atom stereocenters. The molecule has 2 aromatic carbocycles. The van der Waals surface area contributed by atoms with Crippen LogP contribution in [0.25, 0.3) is 0 Å². The van der Waals surface area contributed by atoms with Crippen LogP contribution < -0.4 is 15.4 Å². The van der Waals surface area contributed by atoms with Crippen LogP contribution in [0.3, 0.4) is 0 Å². The molecular weight excluding hydrogens is 360 g/mol. The van der Waals surface area contributed by atoms with Gasteiger partial charge in [-0.15, -0.1) is 0 Å². The molecule has 0 spiro atoms. The van der Waals surface area contributed by atoms with Gasteiger partial charge in [-0.05, 0) is 42.0 Å². The highest BCUT2D eigenvalue weighted by Crippen LogP contribution is 2.31. The van der Waals surface area contributed by atoms with Crippen molar-refractivity contribution in [1.82, 2.24) is 9.97 Å². The maximum Gasteiger partial charge on any atom is 0.224 e. The van der Waals surface area contributed by atoms with Gasteiger partial charge >= 0.3 is 0 Å². The standard InChI is InChI=1S/C24H30N4O/c1-17-16-22(27-20-12-8-7-11-19(20)24(2,3)4)28-23(26-17)25-15-14-18-10-6-9-13-21(18)29-5/h6-13,16H,14-15H2,1-5H3,(H2,25,26,27,28). The number of nitrogens with zero attached hydrogens (tertiary/aromatic N) is 2. The lowest BCUT2D eigenvalue weighted by atomic mass is 9.86. The average molecular weight is 391 g/mol. The number of nitrogens with one attached hydrogen (secondary N) is 2. The summed E-state index contributed by atoms with van der Waals surface area (Å²) in [4.78, 5) is 9.19. The zero-order valence-corrected chi connectivity index (χ0v) is 17.9. The number of hydrogen-bond donors (Lipinski definition) is 2. The van der Waals surface area contributed by atoms with Gasteiger partial charge < -0.3 is 15.4 Å². The van der Waals surface area contributed by atoms with Gasteiger partial charge in [-0.2, -0.15) is 4.98 Å². The quantitative estimate of drug-likeness (QED) is 0.559. The van der Waals surface area contributed by atoms with E-state index in [0.717, 1.165) is 41.5 Å². The van der Waals surface area contributed by atoms with E-state index in [1.807, 2.05) is 37.3 Å². The summed E-state index contributed by atoms with van der Waals surface area (Å²) in [7, 11) is 1.70. The van der Waals surface area contributed by atoms with Crippen LogP contribution in [0.1, 0.15) is 37.6 Å². The third-order valence-electron chi connectivity index (χ3n) is 4.72. The van der Waals surface area contributed by atoms with Crippen molar-refractivity contribution >= 4 is 17.5 Å². The van der Waals surface area contributed by atoms with Crippen LogP contribution in [-0.2, 0) is 11.8 Å². The number of hydrogen-bond acceptors (Lipinski definition) is 5. The maximum atomic E-state index is 5.42.